The van der Waals surface area contributed by atoms with Gasteiger partial charge in [-0.05, 0) is 49.2 Å². The number of hydrogen-bond donors (Lipinski definition) is 0. The molecule has 0 unspecified atom stereocenters. The van der Waals surface area contributed by atoms with Crippen LogP contribution in [0.3, 0.4) is 0 Å². The lowest BCUT2D eigenvalue weighted by molar-refractivity contribution is 0.307. The molecule has 0 saturated carbocycles. The molecule has 2 heterocycles. The lowest BCUT2D eigenvalue weighted by Gasteiger charge is -2.29. The van der Waals surface area contributed by atoms with Gasteiger partial charge in [0, 0.05) is 24.6 Å². The number of piperidine rings is 1. The molecular weight excluding hydrogens is 449 g/mol. The van der Waals surface area contributed by atoms with Gasteiger partial charge in [-0.15, -0.1) is 0 Å². The Morgan fingerprint density at radius 1 is 1.10 bits per heavy atom. The second-order valence-corrected chi connectivity index (χ2v) is 9.70. The summed E-state index contributed by atoms with van der Waals surface area (Å²) in [4.78, 5) is 4.65. The molecule has 0 atom stereocenters. The topological polar surface area (TPSA) is 85.5 Å². The molecular formula is C20H19Cl2N3O4S. The Labute approximate surface area is 184 Å². The average molecular weight is 468 g/mol. The second-order valence-electron chi connectivity index (χ2n) is 6.94. The van der Waals surface area contributed by atoms with Crippen LogP contribution in [-0.2, 0) is 10.0 Å². The summed E-state index contributed by atoms with van der Waals surface area (Å²) < 4.78 is 37.9. The van der Waals surface area contributed by atoms with E-state index in [4.69, 9.17) is 32.5 Å². The van der Waals surface area contributed by atoms with Gasteiger partial charge in [0.25, 0.3) is 5.89 Å². The van der Waals surface area contributed by atoms with Crippen LogP contribution in [0.25, 0.3) is 11.5 Å². The first-order valence-corrected chi connectivity index (χ1v) is 11.5. The quantitative estimate of drug-likeness (QED) is 0.543. The Morgan fingerprint density at radius 2 is 1.87 bits per heavy atom. The first-order valence-electron chi connectivity index (χ1n) is 9.31. The van der Waals surface area contributed by atoms with E-state index in [0.29, 0.717) is 48.4 Å². The van der Waals surface area contributed by atoms with Gasteiger partial charge in [0.2, 0.25) is 10.0 Å². The second kappa shape index (κ2) is 8.55. The number of aromatic nitrogens is 2. The fourth-order valence-corrected chi connectivity index (χ4v) is 5.27. The highest BCUT2D eigenvalue weighted by Crippen LogP contribution is 2.32. The molecule has 1 saturated heterocycles. The van der Waals surface area contributed by atoms with Crippen molar-refractivity contribution in [1.82, 2.24) is 14.4 Å². The molecule has 0 aliphatic carbocycles. The van der Waals surface area contributed by atoms with Crippen LogP contribution in [-0.4, -0.2) is 43.1 Å². The van der Waals surface area contributed by atoms with E-state index in [1.165, 1.54) is 22.5 Å². The number of hydrogen-bond acceptors (Lipinski definition) is 6. The van der Waals surface area contributed by atoms with Crippen molar-refractivity contribution in [3.63, 3.8) is 0 Å². The predicted molar refractivity (Wildman–Crippen MR) is 113 cm³/mol. The van der Waals surface area contributed by atoms with E-state index in [-0.39, 0.29) is 15.8 Å². The SMILES string of the molecule is COc1cccc(-c2nc(C3CCN(S(=O)(=O)c4ccc(Cl)c(Cl)c4)CC3)no2)c1. The van der Waals surface area contributed by atoms with Gasteiger partial charge >= 0.3 is 0 Å². The van der Waals surface area contributed by atoms with E-state index < -0.39 is 10.0 Å². The Bertz CT molecular complexity index is 1160. The number of sulfonamides is 1. The molecule has 1 aromatic heterocycles. The summed E-state index contributed by atoms with van der Waals surface area (Å²) in [5, 5.41) is 4.64. The third-order valence-corrected chi connectivity index (χ3v) is 7.74. The van der Waals surface area contributed by atoms with Gasteiger partial charge in [0.1, 0.15) is 5.75 Å². The molecule has 7 nitrogen and oxygen atoms in total. The van der Waals surface area contributed by atoms with Crippen molar-refractivity contribution in [3.05, 3.63) is 58.3 Å². The van der Waals surface area contributed by atoms with Crippen LogP contribution in [0.1, 0.15) is 24.6 Å². The monoisotopic (exact) mass is 467 g/mol. The van der Waals surface area contributed by atoms with Gasteiger partial charge in [0.15, 0.2) is 5.82 Å². The minimum absolute atomic E-state index is 0.0216. The molecule has 0 amide bonds. The van der Waals surface area contributed by atoms with E-state index in [1.807, 2.05) is 24.3 Å². The predicted octanol–water partition coefficient (Wildman–Crippen LogP) is 4.62. The molecule has 0 spiro atoms. The molecule has 0 bridgehead atoms. The molecule has 1 aliphatic rings. The third-order valence-electron chi connectivity index (χ3n) is 5.11. The molecule has 158 valence electrons. The van der Waals surface area contributed by atoms with Crippen molar-refractivity contribution >= 4 is 33.2 Å². The van der Waals surface area contributed by atoms with Crippen LogP contribution in [0.2, 0.25) is 10.0 Å². The first-order chi connectivity index (χ1) is 14.4. The summed E-state index contributed by atoms with van der Waals surface area (Å²) in [6.45, 7) is 0.715. The van der Waals surface area contributed by atoms with Crippen molar-refractivity contribution in [2.75, 3.05) is 20.2 Å². The van der Waals surface area contributed by atoms with Gasteiger partial charge in [-0.2, -0.15) is 9.29 Å². The summed E-state index contributed by atoms with van der Waals surface area (Å²) in [6.07, 6.45) is 1.19. The van der Waals surface area contributed by atoms with Crippen molar-refractivity contribution in [2.45, 2.75) is 23.7 Å². The van der Waals surface area contributed by atoms with Gasteiger partial charge < -0.3 is 9.26 Å². The van der Waals surface area contributed by atoms with E-state index >= 15 is 0 Å². The fraction of sp³-hybridized carbons (Fsp3) is 0.300. The number of halogens is 2. The highest BCUT2D eigenvalue weighted by atomic mass is 35.5. The third kappa shape index (κ3) is 4.18. The van der Waals surface area contributed by atoms with Crippen LogP contribution in [0.4, 0.5) is 0 Å². The van der Waals surface area contributed by atoms with Crippen LogP contribution in [0.5, 0.6) is 5.75 Å². The van der Waals surface area contributed by atoms with E-state index in [9.17, 15) is 8.42 Å². The van der Waals surface area contributed by atoms with Crippen molar-refractivity contribution in [2.24, 2.45) is 0 Å². The number of methoxy groups -OCH3 is 1. The van der Waals surface area contributed by atoms with Crippen molar-refractivity contribution in [1.29, 1.82) is 0 Å². The first kappa shape index (κ1) is 21.1. The molecule has 0 radical (unpaired) electrons. The molecule has 30 heavy (non-hydrogen) atoms. The number of nitrogens with zero attached hydrogens (tertiary/aromatic N) is 3. The normalized spacial score (nSPS) is 16.0. The summed E-state index contributed by atoms with van der Waals surface area (Å²) in [6, 6.07) is 11.7. The molecule has 4 rings (SSSR count). The van der Waals surface area contributed by atoms with Gasteiger partial charge in [-0.1, -0.05) is 34.4 Å². The van der Waals surface area contributed by atoms with E-state index in [2.05, 4.69) is 10.1 Å². The van der Waals surface area contributed by atoms with Gasteiger partial charge in [-0.3, -0.25) is 0 Å². The van der Waals surface area contributed by atoms with Crippen LogP contribution in [0, 0.1) is 0 Å². The summed E-state index contributed by atoms with van der Waals surface area (Å²) in [5.74, 6) is 1.72. The Kier molecular flexibility index (Phi) is 6.02. The molecule has 10 heteroatoms. The lowest BCUT2D eigenvalue weighted by atomic mass is 9.97. The maximum Gasteiger partial charge on any atom is 0.258 e. The van der Waals surface area contributed by atoms with Crippen molar-refractivity contribution in [3.8, 4) is 17.2 Å². The minimum Gasteiger partial charge on any atom is -0.497 e. The molecule has 3 aromatic rings. The average Bonchev–Trinajstić information content (AvgIpc) is 3.26. The fourth-order valence-electron chi connectivity index (χ4n) is 3.41. The number of rotatable bonds is 5. The largest absolute Gasteiger partial charge is 0.497 e. The summed E-state index contributed by atoms with van der Waals surface area (Å²) in [7, 11) is -2.04. The maximum atomic E-state index is 12.9. The Balaban J connectivity index is 1.46. The molecule has 2 aromatic carbocycles. The lowest BCUT2D eigenvalue weighted by Crippen LogP contribution is -2.38. The Hall–Kier alpha value is -2.13. The zero-order valence-corrected chi connectivity index (χ0v) is 18.4. The van der Waals surface area contributed by atoms with E-state index in [0.717, 1.165) is 5.56 Å². The standard InChI is InChI=1S/C20H19Cl2N3O4S/c1-28-15-4-2-3-14(11-15)20-23-19(24-29-20)13-7-9-25(10-8-13)30(26,27)16-5-6-17(21)18(22)12-16/h2-6,11-13H,7-10H2,1H3. The van der Waals surface area contributed by atoms with Crippen LogP contribution in [0.15, 0.2) is 51.9 Å². The summed E-state index contributed by atoms with van der Waals surface area (Å²) >= 11 is 11.9. The smallest absolute Gasteiger partial charge is 0.258 e. The number of benzene rings is 2. The van der Waals surface area contributed by atoms with Crippen molar-refractivity contribution < 1.29 is 17.7 Å². The highest BCUT2D eigenvalue weighted by Gasteiger charge is 2.32. The summed E-state index contributed by atoms with van der Waals surface area (Å²) in [5.41, 5.74) is 0.771. The van der Waals surface area contributed by atoms with Crippen LogP contribution >= 0.6 is 23.2 Å². The minimum atomic E-state index is -3.64. The highest BCUT2D eigenvalue weighted by molar-refractivity contribution is 7.89. The molecule has 0 N–H and O–H groups in total. The Morgan fingerprint density at radius 3 is 2.57 bits per heavy atom. The molecule has 1 aliphatic heterocycles. The van der Waals surface area contributed by atoms with Crippen LogP contribution < -0.4 is 4.74 Å². The molecule has 1 fully saturated rings. The number of ether oxygens (including phenoxy) is 1. The zero-order valence-electron chi connectivity index (χ0n) is 16.1. The van der Waals surface area contributed by atoms with Gasteiger partial charge in [0.05, 0.1) is 22.1 Å². The van der Waals surface area contributed by atoms with Gasteiger partial charge in [-0.25, -0.2) is 8.42 Å². The maximum absolute atomic E-state index is 12.9. The zero-order chi connectivity index (χ0) is 21.3. The van der Waals surface area contributed by atoms with E-state index in [1.54, 1.807) is 7.11 Å².